The molecule has 1 aliphatic rings. The van der Waals surface area contributed by atoms with Crippen molar-refractivity contribution in [2.45, 2.75) is 51.7 Å². The largest absolute Gasteiger partial charge is 0.353 e. The summed E-state index contributed by atoms with van der Waals surface area (Å²) in [5.74, 6) is 3.14. The standard InChI is InChI=1S/C13H22O2/c1-3-12(2)8-4-6-10-14-13-9-5-7-11-15-13/h1,12-13H,4-11H2,2H3. The van der Waals surface area contributed by atoms with Gasteiger partial charge < -0.3 is 9.47 Å². The van der Waals surface area contributed by atoms with E-state index < -0.39 is 0 Å². The summed E-state index contributed by atoms with van der Waals surface area (Å²) in [4.78, 5) is 0. The second-order valence-electron chi connectivity index (χ2n) is 4.23. The highest BCUT2D eigenvalue weighted by Gasteiger charge is 2.13. The summed E-state index contributed by atoms with van der Waals surface area (Å²) < 4.78 is 11.1. The molecule has 0 radical (unpaired) electrons. The smallest absolute Gasteiger partial charge is 0.157 e. The van der Waals surface area contributed by atoms with Gasteiger partial charge in [-0.05, 0) is 38.5 Å². The van der Waals surface area contributed by atoms with Crippen molar-refractivity contribution >= 4 is 0 Å². The maximum absolute atomic E-state index is 5.62. The lowest BCUT2D eigenvalue weighted by Crippen LogP contribution is -2.22. The SMILES string of the molecule is C#CC(C)CCCCOC1CCCCO1. The minimum absolute atomic E-state index is 0.0591. The first-order valence-electron chi connectivity index (χ1n) is 6.02. The molecule has 0 bridgehead atoms. The molecule has 86 valence electrons. The highest BCUT2D eigenvalue weighted by molar-refractivity contribution is 4.89. The summed E-state index contributed by atoms with van der Waals surface area (Å²) in [6.07, 6.45) is 12.2. The van der Waals surface area contributed by atoms with E-state index in [1.54, 1.807) is 0 Å². The zero-order chi connectivity index (χ0) is 10.9. The second kappa shape index (κ2) is 7.73. The zero-order valence-electron chi connectivity index (χ0n) is 9.71. The minimum atomic E-state index is 0.0591. The van der Waals surface area contributed by atoms with E-state index in [9.17, 15) is 0 Å². The molecule has 1 rings (SSSR count). The topological polar surface area (TPSA) is 18.5 Å². The Morgan fingerprint density at radius 2 is 2.33 bits per heavy atom. The molecule has 1 aliphatic heterocycles. The fourth-order valence-corrected chi connectivity index (χ4v) is 1.69. The van der Waals surface area contributed by atoms with Crippen LogP contribution in [0.5, 0.6) is 0 Å². The van der Waals surface area contributed by atoms with Crippen LogP contribution < -0.4 is 0 Å². The van der Waals surface area contributed by atoms with E-state index in [1.165, 1.54) is 12.8 Å². The van der Waals surface area contributed by atoms with Crippen molar-refractivity contribution in [3.8, 4) is 12.3 Å². The van der Waals surface area contributed by atoms with Gasteiger partial charge in [0.25, 0.3) is 0 Å². The highest BCUT2D eigenvalue weighted by Crippen LogP contribution is 2.14. The normalized spacial score (nSPS) is 23.3. The fraction of sp³-hybridized carbons (Fsp3) is 0.846. The Hall–Kier alpha value is -0.520. The number of hydrogen-bond acceptors (Lipinski definition) is 2. The van der Waals surface area contributed by atoms with Gasteiger partial charge >= 0.3 is 0 Å². The van der Waals surface area contributed by atoms with E-state index in [4.69, 9.17) is 15.9 Å². The molecule has 0 amide bonds. The van der Waals surface area contributed by atoms with Gasteiger partial charge in [0.1, 0.15) is 0 Å². The lowest BCUT2D eigenvalue weighted by molar-refractivity contribution is -0.162. The van der Waals surface area contributed by atoms with Crippen molar-refractivity contribution in [2.75, 3.05) is 13.2 Å². The fourth-order valence-electron chi connectivity index (χ4n) is 1.69. The van der Waals surface area contributed by atoms with Crippen LogP contribution in [-0.2, 0) is 9.47 Å². The number of ether oxygens (including phenoxy) is 2. The van der Waals surface area contributed by atoms with Crippen LogP contribution in [0.4, 0.5) is 0 Å². The van der Waals surface area contributed by atoms with Crippen LogP contribution in [0.15, 0.2) is 0 Å². The third-order valence-electron chi connectivity index (χ3n) is 2.76. The molecule has 0 N–H and O–H groups in total. The molecule has 0 aliphatic carbocycles. The monoisotopic (exact) mass is 210 g/mol. The summed E-state index contributed by atoms with van der Waals surface area (Å²) >= 11 is 0. The number of rotatable bonds is 6. The van der Waals surface area contributed by atoms with E-state index in [0.717, 1.165) is 38.9 Å². The first-order chi connectivity index (χ1) is 7.33. The second-order valence-corrected chi connectivity index (χ2v) is 4.23. The van der Waals surface area contributed by atoms with Crippen LogP contribution in [0.3, 0.4) is 0 Å². The van der Waals surface area contributed by atoms with Gasteiger partial charge in [-0.1, -0.05) is 6.92 Å². The van der Waals surface area contributed by atoms with Crippen LogP contribution >= 0.6 is 0 Å². The average Bonchev–Trinajstić information content (AvgIpc) is 2.29. The quantitative estimate of drug-likeness (QED) is 0.495. The molecular formula is C13H22O2. The van der Waals surface area contributed by atoms with Gasteiger partial charge in [-0.2, -0.15) is 0 Å². The van der Waals surface area contributed by atoms with Crippen LogP contribution in [0, 0.1) is 18.3 Å². The molecule has 2 atom stereocenters. The van der Waals surface area contributed by atoms with Gasteiger partial charge in [0, 0.05) is 19.1 Å². The van der Waals surface area contributed by atoms with Crippen molar-refractivity contribution < 1.29 is 9.47 Å². The molecule has 0 saturated carbocycles. The van der Waals surface area contributed by atoms with Crippen molar-refractivity contribution in [2.24, 2.45) is 5.92 Å². The Morgan fingerprint density at radius 3 is 3.00 bits per heavy atom. The van der Waals surface area contributed by atoms with E-state index in [-0.39, 0.29) is 6.29 Å². The molecule has 0 aromatic heterocycles. The van der Waals surface area contributed by atoms with E-state index >= 15 is 0 Å². The molecule has 0 aromatic carbocycles. The van der Waals surface area contributed by atoms with E-state index in [0.29, 0.717) is 5.92 Å². The minimum Gasteiger partial charge on any atom is -0.353 e. The van der Waals surface area contributed by atoms with Gasteiger partial charge in [0.2, 0.25) is 0 Å². The Kier molecular flexibility index (Phi) is 6.47. The molecule has 1 saturated heterocycles. The van der Waals surface area contributed by atoms with Gasteiger partial charge in [-0.15, -0.1) is 12.3 Å². The third kappa shape index (κ3) is 5.81. The molecule has 1 heterocycles. The number of hydrogen-bond donors (Lipinski definition) is 0. The molecule has 15 heavy (non-hydrogen) atoms. The average molecular weight is 210 g/mol. The van der Waals surface area contributed by atoms with Crippen LogP contribution in [0.1, 0.15) is 45.4 Å². The van der Waals surface area contributed by atoms with Crippen molar-refractivity contribution in [1.29, 1.82) is 0 Å². The third-order valence-corrected chi connectivity index (χ3v) is 2.76. The molecule has 2 heteroatoms. The first kappa shape index (κ1) is 12.5. The predicted molar refractivity (Wildman–Crippen MR) is 61.4 cm³/mol. The van der Waals surface area contributed by atoms with E-state index in [2.05, 4.69) is 12.8 Å². The van der Waals surface area contributed by atoms with E-state index in [1.807, 2.05) is 0 Å². The zero-order valence-corrected chi connectivity index (χ0v) is 9.71. The number of unbranched alkanes of at least 4 members (excludes halogenated alkanes) is 1. The van der Waals surface area contributed by atoms with Gasteiger partial charge in [-0.25, -0.2) is 0 Å². The molecular weight excluding hydrogens is 188 g/mol. The van der Waals surface area contributed by atoms with Crippen molar-refractivity contribution in [3.63, 3.8) is 0 Å². The summed E-state index contributed by atoms with van der Waals surface area (Å²) in [5.41, 5.74) is 0. The first-order valence-corrected chi connectivity index (χ1v) is 6.02. The Balaban J connectivity index is 1.90. The Morgan fingerprint density at radius 1 is 1.47 bits per heavy atom. The number of terminal acetylenes is 1. The maximum atomic E-state index is 5.62. The van der Waals surface area contributed by atoms with Crippen LogP contribution in [0.2, 0.25) is 0 Å². The molecule has 2 unspecified atom stereocenters. The maximum Gasteiger partial charge on any atom is 0.157 e. The van der Waals surface area contributed by atoms with Gasteiger partial charge in [0.05, 0.1) is 0 Å². The van der Waals surface area contributed by atoms with Gasteiger partial charge in [-0.3, -0.25) is 0 Å². The summed E-state index contributed by atoms with van der Waals surface area (Å²) in [6.45, 7) is 3.76. The predicted octanol–water partition coefficient (Wildman–Crippen LogP) is 2.97. The van der Waals surface area contributed by atoms with Crippen LogP contribution in [-0.4, -0.2) is 19.5 Å². The van der Waals surface area contributed by atoms with Crippen molar-refractivity contribution in [1.82, 2.24) is 0 Å². The molecule has 0 aromatic rings. The lowest BCUT2D eigenvalue weighted by Gasteiger charge is -2.22. The van der Waals surface area contributed by atoms with Crippen LogP contribution in [0.25, 0.3) is 0 Å². The Labute approximate surface area is 93.3 Å². The molecule has 1 fully saturated rings. The summed E-state index contributed by atoms with van der Waals surface area (Å²) in [5, 5.41) is 0. The molecule has 0 spiro atoms. The lowest BCUT2D eigenvalue weighted by atomic mass is 10.1. The summed E-state index contributed by atoms with van der Waals surface area (Å²) in [7, 11) is 0. The molecule has 2 nitrogen and oxygen atoms in total. The summed E-state index contributed by atoms with van der Waals surface area (Å²) in [6, 6.07) is 0. The Bertz CT molecular complexity index is 189. The van der Waals surface area contributed by atoms with Gasteiger partial charge in [0.15, 0.2) is 6.29 Å². The highest BCUT2D eigenvalue weighted by atomic mass is 16.7. The van der Waals surface area contributed by atoms with Crippen molar-refractivity contribution in [3.05, 3.63) is 0 Å².